The van der Waals surface area contributed by atoms with Crippen molar-refractivity contribution in [3.8, 4) is 6.01 Å². The fourth-order valence-electron chi connectivity index (χ4n) is 2.24. The average molecular weight is 285 g/mol. The molecule has 1 amide bonds. The monoisotopic (exact) mass is 285 g/mol. The van der Waals surface area contributed by atoms with Gasteiger partial charge in [0.05, 0.1) is 12.2 Å². The lowest BCUT2D eigenvalue weighted by Crippen LogP contribution is -2.13. The number of rotatable bonds is 4. The van der Waals surface area contributed by atoms with E-state index in [0.717, 1.165) is 16.6 Å². The topological polar surface area (TPSA) is 95.7 Å². The third kappa shape index (κ3) is 2.45. The van der Waals surface area contributed by atoms with Crippen LogP contribution >= 0.6 is 0 Å². The normalized spacial score (nSPS) is 10.8. The van der Waals surface area contributed by atoms with Gasteiger partial charge in [0.2, 0.25) is 5.95 Å². The van der Waals surface area contributed by atoms with Gasteiger partial charge in [0.1, 0.15) is 0 Å². The standard InChI is InChI=1S/C14H15N5O2/c1-3-21-14-17-13(18-19-14)16-12(20)11-8(2)15-10-7-5-4-6-9(10)11/h4-7,15H,3H2,1-2H3,(H2,16,17,18,19,20). The first-order chi connectivity index (χ1) is 10.2. The second-order valence-corrected chi connectivity index (χ2v) is 4.52. The van der Waals surface area contributed by atoms with Gasteiger partial charge >= 0.3 is 6.01 Å². The summed E-state index contributed by atoms with van der Waals surface area (Å²) in [5.41, 5.74) is 2.32. The van der Waals surface area contributed by atoms with Crippen molar-refractivity contribution in [2.75, 3.05) is 11.9 Å². The molecule has 0 unspecified atom stereocenters. The first kappa shape index (κ1) is 13.2. The average Bonchev–Trinajstić information content (AvgIpc) is 3.02. The Morgan fingerprint density at radius 3 is 3.00 bits per heavy atom. The van der Waals surface area contributed by atoms with E-state index < -0.39 is 0 Å². The van der Waals surface area contributed by atoms with Crippen molar-refractivity contribution in [2.24, 2.45) is 0 Å². The van der Waals surface area contributed by atoms with Crippen molar-refractivity contribution in [1.82, 2.24) is 20.2 Å². The second kappa shape index (κ2) is 5.28. The summed E-state index contributed by atoms with van der Waals surface area (Å²) in [6, 6.07) is 7.86. The van der Waals surface area contributed by atoms with Crippen LogP contribution in [0.15, 0.2) is 24.3 Å². The van der Waals surface area contributed by atoms with Crippen LogP contribution in [0.5, 0.6) is 6.01 Å². The number of hydrogen-bond donors (Lipinski definition) is 3. The molecule has 0 aliphatic rings. The minimum atomic E-state index is -0.246. The van der Waals surface area contributed by atoms with E-state index >= 15 is 0 Å². The minimum Gasteiger partial charge on any atom is -0.463 e. The predicted octanol–water partition coefficient (Wildman–Crippen LogP) is 2.25. The van der Waals surface area contributed by atoms with Crippen LogP contribution in [0.25, 0.3) is 10.9 Å². The highest BCUT2D eigenvalue weighted by molar-refractivity contribution is 6.13. The lowest BCUT2D eigenvalue weighted by molar-refractivity contribution is 0.102. The van der Waals surface area contributed by atoms with Gasteiger partial charge in [-0.3, -0.25) is 10.1 Å². The fraction of sp³-hybridized carbons (Fsp3) is 0.214. The van der Waals surface area contributed by atoms with Crippen LogP contribution in [0.1, 0.15) is 23.0 Å². The van der Waals surface area contributed by atoms with Crippen LogP contribution in [0.4, 0.5) is 5.95 Å². The Hall–Kier alpha value is -2.83. The molecule has 21 heavy (non-hydrogen) atoms. The number of carbonyl (C=O) groups excluding carboxylic acids is 1. The Balaban J connectivity index is 1.88. The van der Waals surface area contributed by atoms with Gasteiger partial charge in [0.25, 0.3) is 5.91 Å². The van der Waals surface area contributed by atoms with E-state index in [1.165, 1.54) is 0 Å². The Labute approximate surface area is 120 Å². The number of anilines is 1. The molecular weight excluding hydrogens is 270 g/mol. The largest absolute Gasteiger partial charge is 0.463 e. The molecule has 0 bridgehead atoms. The smallest absolute Gasteiger partial charge is 0.337 e. The Morgan fingerprint density at radius 2 is 2.19 bits per heavy atom. The number of para-hydroxylation sites is 1. The van der Waals surface area contributed by atoms with Crippen molar-refractivity contribution in [3.63, 3.8) is 0 Å². The summed E-state index contributed by atoms with van der Waals surface area (Å²) < 4.78 is 5.14. The zero-order valence-electron chi connectivity index (χ0n) is 11.7. The Bertz CT molecular complexity index is 790. The number of carbonyl (C=O) groups is 1. The maximum absolute atomic E-state index is 12.4. The molecule has 7 heteroatoms. The van der Waals surface area contributed by atoms with Gasteiger partial charge in [-0.2, -0.15) is 4.98 Å². The van der Waals surface area contributed by atoms with E-state index in [1.807, 2.05) is 38.1 Å². The first-order valence-electron chi connectivity index (χ1n) is 6.63. The number of aromatic nitrogens is 4. The number of ether oxygens (including phenoxy) is 1. The summed E-state index contributed by atoms with van der Waals surface area (Å²) in [4.78, 5) is 19.6. The number of nitrogens with one attached hydrogen (secondary N) is 3. The van der Waals surface area contributed by atoms with Crippen molar-refractivity contribution in [3.05, 3.63) is 35.5 Å². The molecule has 2 aromatic heterocycles. The number of H-pyrrole nitrogens is 2. The number of hydrogen-bond acceptors (Lipinski definition) is 4. The summed E-state index contributed by atoms with van der Waals surface area (Å²) >= 11 is 0. The van der Waals surface area contributed by atoms with Crippen molar-refractivity contribution in [1.29, 1.82) is 0 Å². The second-order valence-electron chi connectivity index (χ2n) is 4.52. The van der Waals surface area contributed by atoms with Crippen LogP contribution in [-0.2, 0) is 0 Å². The number of fused-ring (bicyclic) bond motifs is 1. The van der Waals surface area contributed by atoms with Crippen molar-refractivity contribution in [2.45, 2.75) is 13.8 Å². The predicted molar refractivity (Wildman–Crippen MR) is 78.5 cm³/mol. The molecule has 0 saturated heterocycles. The van der Waals surface area contributed by atoms with Crippen LogP contribution in [0.3, 0.4) is 0 Å². The molecule has 0 spiro atoms. The quantitative estimate of drug-likeness (QED) is 0.685. The molecule has 0 saturated carbocycles. The van der Waals surface area contributed by atoms with Gasteiger partial charge < -0.3 is 9.72 Å². The SMILES string of the molecule is CCOc1n[nH]c(NC(=O)c2c(C)[nH]c3ccccc23)n1. The molecule has 3 aromatic rings. The zero-order chi connectivity index (χ0) is 14.8. The molecule has 0 aliphatic carbocycles. The van der Waals surface area contributed by atoms with Crippen LogP contribution in [-0.4, -0.2) is 32.7 Å². The van der Waals surface area contributed by atoms with E-state index in [0.29, 0.717) is 12.2 Å². The Kier molecular flexibility index (Phi) is 3.31. The minimum absolute atomic E-state index is 0.212. The number of amides is 1. The van der Waals surface area contributed by atoms with Gasteiger partial charge in [-0.1, -0.05) is 18.2 Å². The highest BCUT2D eigenvalue weighted by Gasteiger charge is 2.17. The molecular formula is C14H15N5O2. The molecule has 108 valence electrons. The highest BCUT2D eigenvalue weighted by Crippen LogP contribution is 2.22. The summed E-state index contributed by atoms with van der Waals surface area (Å²) in [6.45, 7) is 4.16. The number of nitrogens with zero attached hydrogens (tertiary/aromatic N) is 2. The van der Waals surface area contributed by atoms with Crippen molar-refractivity contribution < 1.29 is 9.53 Å². The van der Waals surface area contributed by atoms with E-state index in [9.17, 15) is 4.79 Å². The van der Waals surface area contributed by atoms with Gasteiger partial charge in [-0.05, 0) is 19.9 Å². The molecule has 3 rings (SSSR count). The fourth-order valence-corrected chi connectivity index (χ4v) is 2.24. The summed E-state index contributed by atoms with van der Waals surface area (Å²) in [6.07, 6.45) is 0. The van der Waals surface area contributed by atoms with E-state index in [2.05, 4.69) is 25.5 Å². The van der Waals surface area contributed by atoms with Crippen molar-refractivity contribution >= 4 is 22.8 Å². The van der Waals surface area contributed by atoms with Crippen LogP contribution in [0.2, 0.25) is 0 Å². The highest BCUT2D eigenvalue weighted by atomic mass is 16.5. The maximum Gasteiger partial charge on any atom is 0.337 e. The van der Waals surface area contributed by atoms with Gasteiger partial charge in [0, 0.05) is 16.6 Å². The molecule has 0 atom stereocenters. The number of benzene rings is 1. The van der Waals surface area contributed by atoms with E-state index in [4.69, 9.17) is 4.74 Å². The summed E-state index contributed by atoms with van der Waals surface area (Å²) in [5.74, 6) is 0.0114. The number of aryl methyl sites for hydroxylation is 1. The van der Waals surface area contributed by atoms with Crippen LogP contribution < -0.4 is 10.1 Å². The molecule has 2 heterocycles. The first-order valence-corrected chi connectivity index (χ1v) is 6.63. The van der Waals surface area contributed by atoms with Gasteiger partial charge in [0.15, 0.2) is 0 Å². The third-order valence-corrected chi connectivity index (χ3v) is 3.09. The maximum atomic E-state index is 12.4. The number of aromatic amines is 2. The molecule has 7 nitrogen and oxygen atoms in total. The van der Waals surface area contributed by atoms with Gasteiger partial charge in [-0.25, -0.2) is 5.10 Å². The third-order valence-electron chi connectivity index (χ3n) is 3.09. The molecule has 1 aromatic carbocycles. The zero-order valence-corrected chi connectivity index (χ0v) is 11.7. The van der Waals surface area contributed by atoms with Gasteiger partial charge in [-0.15, -0.1) is 5.10 Å². The Morgan fingerprint density at radius 1 is 1.38 bits per heavy atom. The summed E-state index contributed by atoms with van der Waals surface area (Å²) in [7, 11) is 0. The molecule has 3 N–H and O–H groups in total. The molecule has 0 aliphatic heterocycles. The lowest BCUT2D eigenvalue weighted by atomic mass is 10.1. The van der Waals surface area contributed by atoms with E-state index in [1.54, 1.807) is 0 Å². The molecule has 0 fully saturated rings. The van der Waals surface area contributed by atoms with E-state index in [-0.39, 0.29) is 17.9 Å². The van der Waals surface area contributed by atoms with Crippen LogP contribution in [0, 0.1) is 6.92 Å². The lowest BCUT2D eigenvalue weighted by Gasteiger charge is -2.01. The molecule has 0 radical (unpaired) electrons. The summed E-state index contributed by atoms with van der Waals surface area (Å²) in [5, 5.41) is 10.0.